The molecule has 0 bridgehead atoms. The normalized spacial score (nSPS) is 20.1. The molecule has 4 rings (SSSR count). The van der Waals surface area contributed by atoms with Gasteiger partial charge in [0.15, 0.2) is 0 Å². The molecule has 2 N–H and O–H groups in total. The molecule has 1 unspecified atom stereocenters. The van der Waals surface area contributed by atoms with Crippen molar-refractivity contribution in [3.63, 3.8) is 0 Å². The molecule has 1 aliphatic heterocycles. The van der Waals surface area contributed by atoms with Gasteiger partial charge in [0.2, 0.25) is 11.9 Å². The van der Waals surface area contributed by atoms with Gasteiger partial charge < -0.3 is 15.4 Å². The van der Waals surface area contributed by atoms with Gasteiger partial charge in [0.1, 0.15) is 10.2 Å². The highest BCUT2D eigenvalue weighted by atomic mass is 35.5. The number of halogens is 2. The number of hydrogen-bond donors (Lipinski definition) is 2. The molecule has 3 heterocycles. The molecule has 1 aliphatic rings. The summed E-state index contributed by atoms with van der Waals surface area (Å²) in [7, 11) is 1.64. The lowest BCUT2D eigenvalue weighted by atomic mass is 9.88. The van der Waals surface area contributed by atoms with Crippen molar-refractivity contribution in [3.05, 3.63) is 57.3 Å². The maximum absolute atomic E-state index is 12.5. The second-order valence-corrected chi connectivity index (χ2v) is 9.59. The van der Waals surface area contributed by atoms with Crippen LogP contribution in [0.5, 0.6) is 0 Å². The van der Waals surface area contributed by atoms with E-state index < -0.39 is 5.92 Å². The third kappa shape index (κ3) is 4.88. The number of benzene rings is 1. The number of hydrogen-bond acceptors (Lipinski definition) is 7. The number of anilines is 1. The number of rotatable bonds is 7. The number of carbonyl (C=O) groups excluding carboxylic acids is 1. The van der Waals surface area contributed by atoms with Crippen molar-refractivity contribution >= 4 is 46.4 Å². The second kappa shape index (κ2) is 9.70. The highest BCUT2D eigenvalue weighted by Crippen LogP contribution is 2.34. The molecule has 1 saturated heterocycles. The molecule has 1 aromatic carbocycles. The Morgan fingerprint density at radius 3 is 2.69 bits per heavy atom. The Hall–Kier alpha value is -2.26. The van der Waals surface area contributed by atoms with Crippen LogP contribution in [-0.4, -0.2) is 40.6 Å². The number of nitrogens with zero attached hydrogens (tertiary/aromatic N) is 3. The second-order valence-electron chi connectivity index (χ2n) is 7.71. The van der Waals surface area contributed by atoms with Crippen LogP contribution in [0.3, 0.4) is 0 Å². The molecule has 0 aliphatic carbocycles. The average Bonchev–Trinajstić information content (AvgIpc) is 3.40. The van der Waals surface area contributed by atoms with E-state index in [4.69, 9.17) is 27.9 Å². The fourth-order valence-electron chi connectivity index (χ4n) is 3.74. The van der Waals surface area contributed by atoms with Gasteiger partial charge >= 0.3 is 0 Å². The molecule has 3 aromatic rings. The third-order valence-electron chi connectivity index (χ3n) is 5.62. The Bertz CT molecular complexity index is 1110. The van der Waals surface area contributed by atoms with Crippen molar-refractivity contribution in [2.45, 2.75) is 31.9 Å². The number of carbonyl (C=O) groups is 1. The van der Waals surface area contributed by atoms with Crippen LogP contribution < -0.4 is 10.6 Å². The van der Waals surface area contributed by atoms with Gasteiger partial charge in [-0.2, -0.15) is 0 Å². The zero-order valence-electron chi connectivity index (χ0n) is 17.8. The van der Waals surface area contributed by atoms with Crippen molar-refractivity contribution < 1.29 is 9.53 Å². The molecule has 7 nitrogen and oxygen atoms in total. The lowest BCUT2D eigenvalue weighted by molar-refractivity contribution is -0.121. The van der Waals surface area contributed by atoms with Crippen LogP contribution in [0.2, 0.25) is 10.2 Å². The first-order chi connectivity index (χ1) is 15.4. The van der Waals surface area contributed by atoms with E-state index in [2.05, 4.69) is 25.6 Å². The van der Waals surface area contributed by atoms with Crippen LogP contribution in [-0.2, 0) is 9.53 Å². The van der Waals surface area contributed by atoms with E-state index in [9.17, 15) is 4.79 Å². The van der Waals surface area contributed by atoms with Gasteiger partial charge in [-0.05, 0) is 32.0 Å². The average molecular weight is 492 g/mol. The van der Waals surface area contributed by atoms with Crippen LogP contribution in [0.15, 0.2) is 36.5 Å². The number of amides is 1. The molecular weight excluding hydrogens is 469 g/mol. The van der Waals surface area contributed by atoms with Crippen molar-refractivity contribution in [2.75, 3.05) is 19.0 Å². The fraction of sp³-hybridized carbons (Fsp3) is 0.364. The first kappa shape index (κ1) is 22.9. The van der Waals surface area contributed by atoms with E-state index in [1.54, 1.807) is 24.5 Å². The van der Waals surface area contributed by atoms with Crippen molar-refractivity contribution in [1.82, 2.24) is 20.3 Å². The Kier molecular flexibility index (Phi) is 6.95. The molecule has 0 spiro atoms. The standard InChI is InChI=1S/C22H23Cl2N5O2S/c1-11(17-10-26-21(32-17)13-4-6-14(23)7-5-13)27-22-28-16(8-18(24)29-22)19-15(12(2)31-3)9-25-20(19)30/h4-8,10-12,15,19H,9H2,1-3H3,(H,25,30)(H,27,28,29)/t11-,12+,15?,19+/m0/s1. The maximum atomic E-state index is 12.5. The highest BCUT2D eigenvalue weighted by molar-refractivity contribution is 7.15. The van der Waals surface area contributed by atoms with Gasteiger partial charge in [0.25, 0.3) is 0 Å². The van der Waals surface area contributed by atoms with Gasteiger partial charge in [-0.3, -0.25) is 4.79 Å². The van der Waals surface area contributed by atoms with E-state index in [0.29, 0.717) is 23.2 Å². The minimum atomic E-state index is -0.443. The zero-order chi connectivity index (χ0) is 22.8. The van der Waals surface area contributed by atoms with Gasteiger partial charge in [-0.25, -0.2) is 15.0 Å². The predicted octanol–water partition coefficient (Wildman–Crippen LogP) is 4.94. The lowest BCUT2D eigenvalue weighted by Crippen LogP contribution is -2.27. The summed E-state index contributed by atoms with van der Waals surface area (Å²) in [6.07, 6.45) is 1.73. The number of thiazole rings is 1. The molecule has 0 saturated carbocycles. The molecule has 1 fully saturated rings. The zero-order valence-corrected chi connectivity index (χ0v) is 20.1. The summed E-state index contributed by atoms with van der Waals surface area (Å²) in [6, 6.07) is 9.12. The quantitative estimate of drug-likeness (QED) is 0.454. The number of methoxy groups -OCH3 is 1. The summed E-state index contributed by atoms with van der Waals surface area (Å²) in [5.74, 6) is -0.193. The minimum absolute atomic E-state index is 0.0350. The molecular formula is C22H23Cl2N5O2S. The monoisotopic (exact) mass is 491 g/mol. The molecule has 10 heteroatoms. The SMILES string of the molecule is CO[C@H](C)C1CNC(=O)[C@H]1c1cc(Cl)nc(N[C@@H](C)c2cnc(-c3ccc(Cl)cc3)s2)n1. The van der Waals surface area contributed by atoms with E-state index in [1.807, 2.05) is 44.3 Å². The van der Waals surface area contributed by atoms with Gasteiger partial charge in [0.05, 0.1) is 23.8 Å². The van der Waals surface area contributed by atoms with E-state index in [1.165, 1.54) is 0 Å². The number of aromatic nitrogens is 3. The third-order valence-corrected chi connectivity index (χ3v) is 7.29. The first-order valence-corrected chi connectivity index (χ1v) is 11.8. The van der Waals surface area contributed by atoms with Gasteiger partial charge in [0, 0.05) is 41.2 Å². The Labute approximate surface area is 200 Å². The summed E-state index contributed by atoms with van der Waals surface area (Å²) in [4.78, 5) is 27.0. The van der Waals surface area contributed by atoms with Gasteiger partial charge in [-0.15, -0.1) is 11.3 Å². The van der Waals surface area contributed by atoms with Gasteiger partial charge in [-0.1, -0.05) is 35.3 Å². The topological polar surface area (TPSA) is 89.0 Å². The Morgan fingerprint density at radius 2 is 1.97 bits per heavy atom. The largest absolute Gasteiger partial charge is 0.381 e. The minimum Gasteiger partial charge on any atom is -0.381 e. The first-order valence-electron chi connectivity index (χ1n) is 10.2. The van der Waals surface area contributed by atoms with Crippen LogP contribution in [0.1, 0.15) is 36.4 Å². The Balaban J connectivity index is 1.54. The summed E-state index contributed by atoms with van der Waals surface area (Å²) >= 11 is 13.8. The maximum Gasteiger partial charge on any atom is 0.229 e. The number of ether oxygens (including phenoxy) is 1. The van der Waals surface area contributed by atoms with Crippen molar-refractivity contribution in [2.24, 2.45) is 5.92 Å². The summed E-state index contributed by atoms with van der Waals surface area (Å²) in [6.45, 7) is 4.48. The van der Waals surface area contributed by atoms with Crippen LogP contribution >= 0.6 is 34.5 Å². The predicted molar refractivity (Wildman–Crippen MR) is 127 cm³/mol. The van der Waals surface area contributed by atoms with Crippen LogP contribution in [0, 0.1) is 5.92 Å². The Morgan fingerprint density at radius 1 is 1.22 bits per heavy atom. The molecule has 0 radical (unpaired) electrons. The van der Waals surface area contributed by atoms with Crippen LogP contribution in [0.4, 0.5) is 5.95 Å². The van der Waals surface area contributed by atoms with E-state index in [0.717, 1.165) is 15.4 Å². The smallest absolute Gasteiger partial charge is 0.229 e. The van der Waals surface area contributed by atoms with Crippen LogP contribution in [0.25, 0.3) is 10.6 Å². The van der Waals surface area contributed by atoms with E-state index in [-0.39, 0.29) is 29.1 Å². The molecule has 32 heavy (non-hydrogen) atoms. The number of nitrogens with one attached hydrogen (secondary N) is 2. The molecule has 2 aromatic heterocycles. The van der Waals surface area contributed by atoms with Crippen molar-refractivity contribution in [3.8, 4) is 10.6 Å². The molecule has 1 amide bonds. The fourth-order valence-corrected chi connectivity index (χ4v) is 4.98. The highest BCUT2D eigenvalue weighted by Gasteiger charge is 2.40. The summed E-state index contributed by atoms with van der Waals surface area (Å²) in [5, 5.41) is 8.06. The van der Waals surface area contributed by atoms with E-state index >= 15 is 0 Å². The summed E-state index contributed by atoms with van der Waals surface area (Å²) < 4.78 is 5.47. The molecule has 4 atom stereocenters. The lowest BCUT2D eigenvalue weighted by Gasteiger charge is -2.22. The molecule has 168 valence electrons. The van der Waals surface area contributed by atoms with Crippen molar-refractivity contribution in [1.29, 1.82) is 0 Å². The summed E-state index contributed by atoms with van der Waals surface area (Å²) in [5.41, 5.74) is 1.58.